The van der Waals surface area contributed by atoms with Gasteiger partial charge in [0, 0.05) is 6.54 Å². The summed E-state index contributed by atoms with van der Waals surface area (Å²) in [5, 5.41) is 10.5. The molecule has 8 nitrogen and oxygen atoms in total. The van der Waals surface area contributed by atoms with E-state index in [1.54, 1.807) is 24.0 Å². The lowest BCUT2D eigenvalue weighted by Gasteiger charge is -2.40. The topological polar surface area (TPSA) is 96.4 Å². The third-order valence-electron chi connectivity index (χ3n) is 8.27. The molecular formula is C28H33ClN2O6. The summed E-state index contributed by atoms with van der Waals surface area (Å²) in [7, 11) is 0. The van der Waals surface area contributed by atoms with Crippen LogP contribution < -0.4 is 4.90 Å². The molecule has 1 spiro atoms. The molecule has 0 saturated carbocycles. The van der Waals surface area contributed by atoms with Crippen molar-refractivity contribution in [1.29, 1.82) is 0 Å². The molecular weight excluding hydrogens is 496 g/mol. The standard InChI is InChI=1S/C28H33ClN2O6/c1-4-27-12-6-5-7-15-36-26(35)21(27)20-24(33)31(18(3)16-32)23-25(34)30(14-9-13-28(20,23)37-27)22-17(2)10-8-11-19(22)29/h6,8-13,18,20-21,23,32H,4-5,7,14-16H2,1-3H3/b12-6-/t18-,20+,21+,23?,27-,28+/m1/s1. The van der Waals surface area contributed by atoms with Gasteiger partial charge in [0.05, 0.1) is 35.9 Å². The van der Waals surface area contributed by atoms with Gasteiger partial charge in [0.1, 0.15) is 23.2 Å². The number of halogens is 1. The van der Waals surface area contributed by atoms with Gasteiger partial charge in [-0.2, -0.15) is 0 Å². The first-order valence-electron chi connectivity index (χ1n) is 12.9. The highest BCUT2D eigenvalue weighted by Crippen LogP contribution is 2.58. The second-order valence-electron chi connectivity index (χ2n) is 10.4. The van der Waals surface area contributed by atoms with Crippen molar-refractivity contribution in [2.24, 2.45) is 11.8 Å². The predicted molar refractivity (Wildman–Crippen MR) is 138 cm³/mol. The number of hydrogen-bond donors (Lipinski definition) is 1. The highest BCUT2D eigenvalue weighted by atomic mass is 35.5. The molecule has 1 unspecified atom stereocenters. The number of carbonyl (C=O) groups excluding carboxylic acids is 3. The Balaban J connectivity index is 1.71. The van der Waals surface area contributed by atoms with Gasteiger partial charge in [-0.25, -0.2) is 0 Å². The van der Waals surface area contributed by atoms with Gasteiger partial charge in [-0.05, 0) is 44.7 Å². The summed E-state index contributed by atoms with van der Waals surface area (Å²) < 4.78 is 12.5. The quantitative estimate of drug-likeness (QED) is 0.476. The molecule has 37 heavy (non-hydrogen) atoms. The van der Waals surface area contributed by atoms with Crippen molar-refractivity contribution in [3.05, 3.63) is 53.1 Å². The average molecular weight is 529 g/mol. The number of ether oxygens (including phenoxy) is 2. The molecule has 2 saturated heterocycles. The third-order valence-corrected chi connectivity index (χ3v) is 8.57. The van der Waals surface area contributed by atoms with Crippen LogP contribution in [0.2, 0.25) is 5.02 Å². The van der Waals surface area contributed by atoms with Crippen molar-refractivity contribution in [3.63, 3.8) is 0 Å². The van der Waals surface area contributed by atoms with E-state index in [1.807, 2.05) is 44.2 Å². The Morgan fingerprint density at radius 2 is 1.95 bits per heavy atom. The summed E-state index contributed by atoms with van der Waals surface area (Å²) in [6.45, 7) is 5.60. The summed E-state index contributed by atoms with van der Waals surface area (Å²) in [5.74, 6) is -3.16. The van der Waals surface area contributed by atoms with Crippen LogP contribution in [0.1, 0.15) is 38.7 Å². The number of anilines is 1. The molecule has 4 heterocycles. The van der Waals surface area contributed by atoms with Crippen LogP contribution in [0, 0.1) is 18.8 Å². The molecule has 1 aromatic rings. The summed E-state index contributed by atoms with van der Waals surface area (Å²) >= 11 is 6.56. The van der Waals surface area contributed by atoms with Crippen LogP contribution in [0.4, 0.5) is 5.69 Å². The van der Waals surface area contributed by atoms with E-state index < -0.39 is 47.0 Å². The molecule has 5 rings (SSSR count). The van der Waals surface area contributed by atoms with Crippen molar-refractivity contribution in [2.45, 2.75) is 63.3 Å². The highest BCUT2D eigenvalue weighted by molar-refractivity contribution is 6.34. The summed E-state index contributed by atoms with van der Waals surface area (Å²) in [4.78, 5) is 45.2. The third kappa shape index (κ3) is 3.75. The first-order valence-corrected chi connectivity index (χ1v) is 13.3. The first-order chi connectivity index (χ1) is 17.7. The molecule has 0 radical (unpaired) electrons. The van der Waals surface area contributed by atoms with Gasteiger partial charge in [0.2, 0.25) is 5.91 Å². The molecule has 2 fully saturated rings. The number of rotatable bonds is 4. The molecule has 198 valence electrons. The van der Waals surface area contributed by atoms with Crippen molar-refractivity contribution in [1.82, 2.24) is 4.90 Å². The number of cyclic esters (lactones) is 1. The molecule has 4 aliphatic heterocycles. The molecule has 4 aliphatic rings. The Hall–Kier alpha value is -2.68. The number of amides is 2. The van der Waals surface area contributed by atoms with Gasteiger partial charge in [-0.1, -0.05) is 55.0 Å². The predicted octanol–water partition coefficient (Wildman–Crippen LogP) is 3.19. The lowest BCUT2D eigenvalue weighted by atomic mass is 9.73. The number of esters is 1. The van der Waals surface area contributed by atoms with Crippen molar-refractivity contribution in [2.75, 3.05) is 24.7 Å². The molecule has 0 aliphatic carbocycles. The zero-order valence-electron chi connectivity index (χ0n) is 21.4. The second-order valence-corrected chi connectivity index (χ2v) is 10.8. The fourth-order valence-electron chi connectivity index (χ4n) is 6.54. The van der Waals surface area contributed by atoms with Crippen molar-refractivity contribution < 1.29 is 29.0 Å². The molecule has 0 bridgehead atoms. The number of carbonyl (C=O) groups is 3. The smallest absolute Gasteiger partial charge is 0.313 e. The molecule has 2 amide bonds. The minimum absolute atomic E-state index is 0.220. The van der Waals surface area contributed by atoms with E-state index in [0.29, 0.717) is 30.0 Å². The van der Waals surface area contributed by atoms with Gasteiger partial charge in [0.25, 0.3) is 5.91 Å². The van der Waals surface area contributed by atoms with Crippen LogP contribution in [-0.4, -0.2) is 70.8 Å². The number of aliphatic hydroxyl groups excluding tert-OH is 1. The fraction of sp³-hybridized carbons (Fsp3) is 0.536. The lowest BCUT2D eigenvalue weighted by molar-refractivity contribution is -0.160. The number of aliphatic hydroxyl groups is 1. The molecule has 1 aromatic carbocycles. The number of allylic oxidation sites excluding steroid dienone is 1. The first kappa shape index (κ1) is 25.9. The zero-order chi connectivity index (χ0) is 26.5. The van der Waals surface area contributed by atoms with E-state index in [1.165, 1.54) is 4.90 Å². The maximum atomic E-state index is 14.5. The van der Waals surface area contributed by atoms with Crippen LogP contribution in [0.25, 0.3) is 0 Å². The summed E-state index contributed by atoms with van der Waals surface area (Å²) in [6, 6.07) is 3.65. The molecule has 6 atom stereocenters. The van der Waals surface area contributed by atoms with Gasteiger partial charge in [-0.3, -0.25) is 14.4 Å². The number of likely N-dealkylation sites (tertiary alicyclic amines) is 1. The normalized spacial score (nSPS) is 35.1. The number of nitrogens with zero attached hydrogens (tertiary/aromatic N) is 2. The van der Waals surface area contributed by atoms with Gasteiger partial charge in [-0.15, -0.1) is 0 Å². The molecule has 1 N–H and O–H groups in total. The maximum Gasteiger partial charge on any atom is 0.313 e. The number of fused-ring (bicyclic) bond motifs is 2. The largest absolute Gasteiger partial charge is 0.465 e. The molecule has 9 heteroatoms. The number of aryl methyl sites for hydroxylation is 1. The molecule has 0 aromatic heterocycles. The average Bonchev–Trinajstić information content (AvgIpc) is 3.26. The van der Waals surface area contributed by atoms with E-state index >= 15 is 0 Å². The van der Waals surface area contributed by atoms with Gasteiger partial charge < -0.3 is 24.4 Å². The maximum absolute atomic E-state index is 14.5. The minimum atomic E-state index is -1.41. The number of hydrogen-bond acceptors (Lipinski definition) is 6. The Morgan fingerprint density at radius 3 is 2.65 bits per heavy atom. The van der Waals surface area contributed by atoms with Crippen LogP contribution in [-0.2, 0) is 23.9 Å². The van der Waals surface area contributed by atoms with E-state index in [-0.39, 0.29) is 25.7 Å². The van der Waals surface area contributed by atoms with E-state index in [0.717, 1.165) is 5.56 Å². The fourth-order valence-corrected chi connectivity index (χ4v) is 6.87. The van der Waals surface area contributed by atoms with Crippen molar-refractivity contribution in [3.8, 4) is 0 Å². The monoisotopic (exact) mass is 528 g/mol. The highest BCUT2D eigenvalue weighted by Gasteiger charge is 2.75. The number of para-hydroxylation sites is 1. The lowest BCUT2D eigenvalue weighted by Crippen LogP contribution is -2.58. The Bertz CT molecular complexity index is 1160. The summed E-state index contributed by atoms with van der Waals surface area (Å²) in [5.41, 5.74) is -1.14. The van der Waals surface area contributed by atoms with E-state index in [2.05, 4.69) is 0 Å². The van der Waals surface area contributed by atoms with Crippen LogP contribution in [0.15, 0.2) is 42.5 Å². The van der Waals surface area contributed by atoms with Crippen LogP contribution in [0.3, 0.4) is 0 Å². The van der Waals surface area contributed by atoms with Gasteiger partial charge in [0.15, 0.2) is 0 Å². The zero-order valence-corrected chi connectivity index (χ0v) is 22.1. The Labute approximate surface area is 221 Å². The van der Waals surface area contributed by atoms with Crippen molar-refractivity contribution >= 4 is 35.1 Å². The van der Waals surface area contributed by atoms with Gasteiger partial charge >= 0.3 is 5.97 Å². The Kier molecular flexibility index (Phi) is 6.71. The summed E-state index contributed by atoms with van der Waals surface area (Å²) in [6.07, 6.45) is 9.28. The SMILES string of the molecule is CC[C@@]12/C=C\CCCOC(=O)[C@@H]1[C@H]1C(=O)N([C@H](C)CO)C3C(=O)N(c4c(C)cccc4Cl)CC=C[C@@]31O2. The van der Waals surface area contributed by atoms with Crippen LogP contribution >= 0.6 is 11.6 Å². The number of benzene rings is 1. The minimum Gasteiger partial charge on any atom is -0.465 e. The Morgan fingerprint density at radius 1 is 1.16 bits per heavy atom. The second kappa shape index (κ2) is 9.57. The van der Waals surface area contributed by atoms with Crippen LogP contribution in [0.5, 0.6) is 0 Å². The van der Waals surface area contributed by atoms with E-state index in [9.17, 15) is 19.5 Å². The van der Waals surface area contributed by atoms with E-state index in [4.69, 9.17) is 21.1 Å².